The second-order valence-electron chi connectivity index (χ2n) is 5.18. The van der Waals surface area contributed by atoms with E-state index in [1.165, 1.54) is 11.6 Å². The van der Waals surface area contributed by atoms with Crippen LogP contribution in [0.15, 0.2) is 60.7 Å². The molecule has 0 amide bonds. The van der Waals surface area contributed by atoms with Gasteiger partial charge in [0.1, 0.15) is 0 Å². The van der Waals surface area contributed by atoms with Gasteiger partial charge in [-0.25, -0.2) is 0 Å². The van der Waals surface area contributed by atoms with Crippen LogP contribution in [0.1, 0.15) is 11.7 Å². The predicted octanol–water partition coefficient (Wildman–Crippen LogP) is 2.37. The molecule has 3 nitrogen and oxygen atoms in total. The molecule has 0 unspecified atom stereocenters. The molecule has 2 aromatic rings. The molecule has 0 bridgehead atoms. The van der Waals surface area contributed by atoms with Crippen LogP contribution in [0.25, 0.3) is 0 Å². The first-order chi connectivity index (χ1) is 10.8. The Hall–Kier alpha value is -1.61. The van der Waals surface area contributed by atoms with Crippen molar-refractivity contribution in [3.05, 3.63) is 66.2 Å². The van der Waals surface area contributed by atoms with Crippen LogP contribution in [-0.4, -0.2) is 34.6 Å². The van der Waals surface area contributed by atoms with Gasteiger partial charge < -0.3 is 0 Å². The molecular weight excluding hydrogens is 343 g/mol. The molecule has 4 heteroatoms. The van der Waals surface area contributed by atoms with Crippen molar-refractivity contribution in [2.45, 2.75) is 10.9 Å². The van der Waals surface area contributed by atoms with Crippen LogP contribution in [0.5, 0.6) is 0 Å². The van der Waals surface area contributed by atoms with Gasteiger partial charge in [-0.2, -0.15) is 0 Å². The number of ether oxygens (including phenoxy) is 2. The first-order valence-corrected chi connectivity index (χ1v) is 9.10. The van der Waals surface area contributed by atoms with E-state index in [4.69, 9.17) is 9.47 Å². The Morgan fingerprint density at radius 1 is 1.09 bits per heavy atom. The first-order valence-electron chi connectivity index (χ1n) is 7.25. The summed E-state index contributed by atoms with van der Waals surface area (Å²) in [6.07, 6.45) is -0.204. The zero-order valence-electron chi connectivity index (χ0n) is 12.3. The van der Waals surface area contributed by atoms with E-state index in [0.29, 0.717) is 6.61 Å². The second-order valence-corrected chi connectivity index (χ2v) is 7.94. The molecule has 1 aliphatic heterocycles. The van der Waals surface area contributed by atoms with E-state index in [1.54, 1.807) is 0 Å². The van der Waals surface area contributed by atoms with Crippen molar-refractivity contribution in [2.24, 2.45) is 5.92 Å². The topological polar surface area (TPSA) is 35.5 Å². The number of rotatable bonds is 4. The number of esters is 1. The van der Waals surface area contributed by atoms with Crippen molar-refractivity contribution in [2.75, 3.05) is 13.7 Å². The van der Waals surface area contributed by atoms with Crippen molar-refractivity contribution >= 4 is 25.4 Å². The molecule has 0 aromatic heterocycles. The standard InChI is InChI=1S/C18H18O3Se/c1-20-18(19)16-15(22-14-10-6-3-7-11-14)12-21-17(16)13-8-4-2-5-9-13/h2-11,15-17H,12H2,1H3/t15-,16+,17-/m1/s1. The summed E-state index contributed by atoms with van der Waals surface area (Å²) in [4.78, 5) is 12.5. The van der Waals surface area contributed by atoms with E-state index < -0.39 is 0 Å². The van der Waals surface area contributed by atoms with Crippen molar-refractivity contribution in [1.29, 1.82) is 0 Å². The van der Waals surface area contributed by atoms with E-state index in [0.717, 1.165) is 5.56 Å². The van der Waals surface area contributed by atoms with Crippen molar-refractivity contribution in [3.8, 4) is 0 Å². The average molecular weight is 361 g/mol. The number of carbonyl (C=O) groups is 1. The Labute approximate surface area is 136 Å². The molecular formula is C18H18O3Se. The van der Waals surface area contributed by atoms with E-state index in [2.05, 4.69) is 12.1 Å². The Bertz CT molecular complexity index is 615. The van der Waals surface area contributed by atoms with Gasteiger partial charge in [0.2, 0.25) is 0 Å². The fourth-order valence-electron chi connectivity index (χ4n) is 2.74. The normalized spacial score (nSPS) is 24.1. The molecule has 1 aliphatic rings. The summed E-state index contributed by atoms with van der Waals surface area (Å²) >= 11 is 0.184. The molecule has 1 fully saturated rings. The predicted molar refractivity (Wildman–Crippen MR) is 86.2 cm³/mol. The molecule has 0 spiro atoms. The molecule has 0 aliphatic carbocycles. The molecule has 114 valence electrons. The van der Waals surface area contributed by atoms with Crippen molar-refractivity contribution in [1.82, 2.24) is 0 Å². The van der Waals surface area contributed by atoms with Gasteiger partial charge in [-0.15, -0.1) is 0 Å². The second kappa shape index (κ2) is 7.10. The SMILES string of the molecule is COC(=O)[C@@H]1[C@@H](c2ccccc2)OC[C@H]1[Se]c1ccccc1. The van der Waals surface area contributed by atoms with E-state index in [9.17, 15) is 4.79 Å². The van der Waals surface area contributed by atoms with Crippen LogP contribution in [0.2, 0.25) is 4.82 Å². The molecule has 3 atom stereocenters. The summed E-state index contributed by atoms with van der Waals surface area (Å²) < 4.78 is 12.3. The van der Waals surface area contributed by atoms with E-state index in [1.807, 2.05) is 48.5 Å². The molecule has 22 heavy (non-hydrogen) atoms. The Kier molecular flexibility index (Phi) is 4.93. The molecule has 1 saturated heterocycles. The van der Waals surface area contributed by atoms with Crippen LogP contribution in [0.3, 0.4) is 0 Å². The quantitative estimate of drug-likeness (QED) is 0.620. The van der Waals surface area contributed by atoms with Gasteiger partial charge in [0, 0.05) is 0 Å². The maximum absolute atomic E-state index is 12.3. The zero-order chi connectivity index (χ0) is 15.4. The maximum atomic E-state index is 12.3. The number of carbonyl (C=O) groups excluding carboxylic acids is 1. The molecule has 0 N–H and O–H groups in total. The molecule has 3 rings (SSSR count). The Morgan fingerprint density at radius 3 is 2.36 bits per heavy atom. The van der Waals surface area contributed by atoms with Gasteiger partial charge in [-0.1, -0.05) is 0 Å². The van der Waals surface area contributed by atoms with E-state index in [-0.39, 0.29) is 37.8 Å². The number of methoxy groups -OCH3 is 1. The summed E-state index contributed by atoms with van der Waals surface area (Å²) in [6.45, 7) is 0.605. The van der Waals surface area contributed by atoms with Gasteiger partial charge in [0.05, 0.1) is 0 Å². The number of hydrogen-bond donors (Lipinski definition) is 0. The van der Waals surface area contributed by atoms with Gasteiger partial charge in [-0.3, -0.25) is 0 Å². The average Bonchev–Trinajstić information content (AvgIpc) is 2.99. The first kappa shape index (κ1) is 15.3. The number of benzene rings is 2. The zero-order valence-corrected chi connectivity index (χ0v) is 14.1. The summed E-state index contributed by atoms with van der Waals surface area (Å²) in [6, 6.07) is 20.3. The third-order valence-corrected chi connectivity index (χ3v) is 6.48. The summed E-state index contributed by atoms with van der Waals surface area (Å²) in [5.41, 5.74) is 1.05. The Morgan fingerprint density at radius 2 is 1.73 bits per heavy atom. The fourth-order valence-corrected chi connectivity index (χ4v) is 5.28. The van der Waals surface area contributed by atoms with Crippen LogP contribution in [0, 0.1) is 5.92 Å². The molecule has 0 radical (unpaired) electrons. The number of hydrogen-bond acceptors (Lipinski definition) is 3. The van der Waals surface area contributed by atoms with Crippen LogP contribution >= 0.6 is 0 Å². The summed E-state index contributed by atoms with van der Waals surface area (Å²) in [5, 5.41) is 0. The minimum atomic E-state index is -0.229. The monoisotopic (exact) mass is 362 g/mol. The van der Waals surface area contributed by atoms with Gasteiger partial charge in [0.15, 0.2) is 0 Å². The van der Waals surface area contributed by atoms with Crippen LogP contribution in [-0.2, 0) is 14.3 Å². The van der Waals surface area contributed by atoms with Gasteiger partial charge in [-0.05, 0) is 0 Å². The summed E-state index contributed by atoms with van der Waals surface area (Å²) in [5.74, 6) is -0.401. The molecule has 2 aromatic carbocycles. The fraction of sp³-hybridized carbons (Fsp3) is 0.278. The Balaban J connectivity index is 1.83. The molecule has 0 saturated carbocycles. The van der Waals surface area contributed by atoms with Crippen LogP contribution in [0.4, 0.5) is 0 Å². The van der Waals surface area contributed by atoms with Gasteiger partial charge in [0.25, 0.3) is 0 Å². The van der Waals surface area contributed by atoms with E-state index >= 15 is 0 Å². The summed E-state index contributed by atoms with van der Waals surface area (Å²) in [7, 11) is 1.45. The molecule has 1 heterocycles. The van der Waals surface area contributed by atoms with Crippen molar-refractivity contribution < 1.29 is 14.3 Å². The van der Waals surface area contributed by atoms with Crippen LogP contribution < -0.4 is 4.46 Å². The third kappa shape index (κ3) is 3.25. The van der Waals surface area contributed by atoms with Crippen molar-refractivity contribution in [3.63, 3.8) is 0 Å². The van der Waals surface area contributed by atoms with Gasteiger partial charge >= 0.3 is 136 Å². The third-order valence-electron chi connectivity index (χ3n) is 3.80. The minimum absolute atomic E-state index is 0.172.